The highest BCUT2D eigenvalue weighted by atomic mass is 32.2. The minimum absolute atomic E-state index is 0.0508. The fourth-order valence-corrected chi connectivity index (χ4v) is 4.23. The second-order valence-corrected chi connectivity index (χ2v) is 6.73. The number of carbonyl (C=O) groups is 3. The van der Waals surface area contributed by atoms with E-state index in [0.717, 1.165) is 35.2 Å². The van der Waals surface area contributed by atoms with Crippen LogP contribution in [0.3, 0.4) is 0 Å². The number of carboxylic acids is 1. The van der Waals surface area contributed by atoms with Crippen molar-refractivity contribution in [2.75, 3.05) is 16.1 Å². The zero-order valence-corrected chi connectivity index (χ0v) is 13.8. The van der Waals surface area contributed by atoms with E-state index in [1.54, 1.807) is 0 Å². The van der Waals surface area contributed by atoms with Crippen LogP contribution in [0.15, 0.2) is 36.4 Å². The number of aromatic carboxylic acids is 1. The Balaban J connectivity index is 1.90. The average molecular weight is 376 g/mol. The Kier molecular flexibility index (Phi) is 3.43. The third-order valence-corrected chi connectivity index (χ3v) is 5.43. The van der Waals surface area contributed by atoms with Gasteiger partial charge in [-0.3, -0.25) is 10.1 Å². The van der Waals surface area contributed by atoms with Gasteiger partial charge in [-0.2, -0.15) is 0 Å². The molecule has 1 fully saturated rings. The Morgan fingerprint density at radius 2 is 2.00 bits per heavy atom. The van der Waals surface area contributed by atoms with Gasteiger partial charge in [0.2, 0.25) is 5.69 Å². The van der Waals surface area contributed by atoms with Crippen LogP contribution in [0.4, 0.5) is 26.2 Å². The SMILES string of the molecule is O=C(O)c1ccc(N2C(=O)CS[N+]23C(=O)Nc2ccc(F)cc23)cc1O. The summed E-state index contributed by atoms with van der Waals surface area (Å²) in [6.07, 6.45) is 0. The molecule has 1 unspecified atom stereocenters. The minimum Gasteiger partial charge on any atom is -0.507 e. The Hall–Kier alpha value is -3.11. The lowest BCUT2D eigenvalue weighted by Gasteiger charge is -2.30. The summed E-state index contributed by atoms with van der Waals surface area (Å²) in [4.78, 5) is 36.3. The molecule has 26 heavy (non-hydrogen) atoms. The van der Waals surface area contributed by atoms with Gasteiger partial charge in [-0.15, -0.1) is 5.01 Å². The number of phenols is 1. The number of quaternary nitrogens is 1. The van der Waals surface area contributed by atoms with Crippen LogP contribution in [0.2, 0.25) is 0 Å². The topological polar surface area (TPSA) is 107 Å². The van der Waals surface area contributed by atoms with Crippen LogP contribution in [-0.4, -0.2) is 33.9 Å². The van der Waals surface area contributed by atoms with Crippen LogP contribution in [0.5, 0.6) is 5.75 Å². The first-order chi connectivity index (χ1) is 12.3. The number of carbonyl (C=O) groups excluding carboxylic acids is 2. The molecular formula is C16H11FN3O5S+. The van der Waals surface area contributed by atoms with Gasteiger partial charge in [0.25, 0.3) is 5.91 Å². The number of hydrogen-bond acceptors (Lipinski definition) is 5. The first-order valence-corrected chi connectivity index (χ1v) is 8.34. The molecule has 8 nitrogen and oxygen atoms in total. The summed E-state index contributed by atoms with van der Waals surface area (Å²) in [7, 11) is 0. The molecule has 1 atom stereocenters. The van der Waals surface area contributed by atoms with Crippen molar-refractivity contribution >= 4 is 46.9 Å². The molecule has 0 aromatic heterocycles. The molecule has 0 bridgehead atoms. The van der Waals surface area contributed by atoms with E-state index in [2.05, 4.69) is 5.32 Å². The fraction of sp³-hybridized carbons (Fsp3) is 0.0625. The lowest BCUT2D eigenvalue weighted by atomic mass is 10.1. The first kappa shape index (κ1) is 16.4. The van der Waals surface area contributed by atoms with E-state index < -0.39 is 33.5 Å². The number of nitrogens with zero attached hydrogens (tertiary/aromatic N) is 2. The monoisotopic (exact) mass is 376 g/mol. The number of anilines is 2. The van der Waals surface area contributed by atoms with Gasteiger partial charge >= 0.3 is 12.0 Å². The van der Waals surface area contributed by atoms with Crippen molar-refractivity contribution in [3.8, 4) is 5.75 Å². The van der Waals surface area contributed by atoms with Gasteiger partial charge in [-0.05, 0) is 28.3 Å². The molecular weight excluding hydrogens is 365 g/mol. The van der Waals surface area contributed by atoms with Crippen molar-refractivity contribution in [3.05, 3.63) is 47.8 Å². The predicted octanol–water partition coefficient (Wildman–Crippen LogP) is 2.69. The van der Waals surface area contributed by atoms with E-state index in [1.807, 2.05) is 0 Å². The summed E-state index contributed by atoms with van der Waals surface area (Å²) >= 11 is 0.976. The van der Waals surface area contributed by atoms with Crippen molar-refractivity contribution in [3.63, 3.8) is 0 Å². The van der Waals surface area contributed by atoms with Gasteiger partial charge < -0.3 is 10.2 Å². The number of hydrogen-bond donors (Lipinski definition) is 3. The molecule has 1 saturated heterocycles. The van der Waals surface area contributed by atoms with Gasteiger partial charge in [0.05, 0.1) is 0 Å². The molecule has 2 aliphatic rings. The maximum absolute atomic E-state index is 13.8. The van der Waals surface area contributed by atoms with Crippen molar-refractivity contribution in [1.82, 2.24) is 4.00 Å². The molecule has 2 heterocycles. The van der Waals surface area contributed by atoms with Crippen molar-refractivity contribution in [2.24, 2.45) is 0 Å². The van der Waals surface area contributed by atoms with Crippen LogP contribution in [0.1, 0.15) is 10.4 Å². The lowest BCUT2D eigenvalue weighted by molar-refractivity contribution is -0.116. The number of rotatable bonds is 2. The van der Waals surface area contributed by atoms with Crippen LogP contribution >= 0.6 is 11.9 Å². The number of halogens is 1. The Morgan fingerprint density at radius 3 is 2.69 bits per heavy atom. The standard InChI is InChI=1S/C16H10FN3O5S/c17-8-1-4-11-12(5-8)20(16(25)18-11)19(14(22)7-26-20)9-2-3-10(15(23)24)13(21)6-9/h1-6H,7H2,(H2-,18,21,23,24,25)/p+1. The first-order valence-electron chi connectivity index (χ1n) is 7.39. The summed E-state index contributed by atoms with van der Waals surface area (Å²) in [5, 5.41) is 22.7. The molecule has 4 rings (SSSR count). The Labute approximate surface area is 150 Å². The van der Waals surface area contributed by atoms with Crippen LogP contribution in [0.25, 0.3) is 0 Å². The highest BCUT2D eigenvalue weighted by Gasteiger charge is 2.61. The van der Waals surface area contributed by atoms with E-state index in [1.165, 1.54) is 18.2 Å². The van der Waals surface area contributed by atoms with Gasteiger partial charge in [0.1, 0.15) is 46.2 Å². The number of carboxylic acid groups (broad SMARTS) is 1. The Morgan fingerprint density at radius 1 is 1.23 bits per heavy atom. The van der Waals surface area contributed by atoms with Gasteiger partial charge in [0.15, 0.2) is 0 Å². The molecule has 2 aromatic rings. The number of amides is 3. The molecule has 0 aliphatic carbocycles. The second-order valence-electron chi connectivity index (χ2n) is 5.65. The van der Waals surface area contributed by atoms with E-state index >= 15 is 0 Å². The predicted molar refractivity (Wildman–Crippen MR) is 92.2 cm³/mol. The van der Waals surface area contributed by atoms with Gasteiger partial charge in [0, 0.05) is 12.1 Å². The van der Waals surface area contributed by atoms with Crippen LogP contribution in [-0.2, 0) is 4.79 Å². The molecule has 0 radical (unpaired) electrons. The summed E-state index contributed by atoms with van der Waals surface area (Å²) in [6, 6.07) is 6.75. The molecule has 1 spiro atoms. The molecule has 132 valence electrons. The molecule has 0 saturated carbocycles. The maximum Gasteiger partial charge on any atom is 0.463 e. The number of urea groups is 1. The molecule has 10 heteroatoms. The summed E-state index contributed by atoms with van der Waals surface area (Å²) in [5.41, 5.74) is 0.398. The highest BCUT2D eigenvalue weighted by Crippen LogP contribution is 2.51. The summed E-state index contributed by atoms with van der Waals surface area (Å²) in [5.74, 6) is -2.93. The van der Waals surface area contributed by atoms with Gasteiger partial charge in [-0.1, -0.05) is 0 Å². The number of aromatic hydroxyl groups is 1. The molecule has 3 N–H and O–H groups in total. The summed E-state index contributed by atoms with van der Waals surface area (Å²) < 4.78 is 13.1. The van der Waals surface area contributed by atoms with E-state index in [0.29, 0.717) is 5.69 Å². The van der Waals surface area contributed by atoms with E-state index in [4.69, 9.17) is 5.11 Å². The Bertz CT molecular complexity index is 998. The minimum atomic E-state index is -1.33. The van der Waals surface area contributed by atoms with Crippen molar-refractivity contribution < 1.29 is 29.0 Å². The zero-order valence-electron chi connectivity index (χ0n) is 13.0. The van der Waals surface area contributed by atoms with Crippen molar-refractivity contribution in [2.45, 2.75) is 0 Å². The third-order valence-electron chi connectivity index (χ3n) is 4.15. The zero-order chi connectivity index (χ0) is 18.6. The van der Waals surface area contributed by atoms with Gasteiger partial charge in [-0.25, -0.2) is 14.0 Å². The maximum atomic E-state index is 13.8. The average Bonchev–Trinajstić information content (AvgIpc) is 3.06. The highest BCUT2D eigenvalue weighted by molar-refractivity contribution is 8.00. The quantitative estimate of drug-likeness (QED) is 0.550. The number of benzene rings is 2. The van der Waals surface area contributed by atoms with E-state index in [9.17, 15) is 23.9 Å². The van der Waals surface area contributed by atoms with E-state index in [-0.39, 0.29) is 22.7 Å². The second kappa shape index (κ2) is 5.44. The number of fused-ring (bicyclic) bond motifs is 2. The molecule has 3 amide bonds. The smallest absolute Gasteiger partial charge is 0.463 e. The molecule has 2 aliphatic heterocycles. The third kappa shape index (κ3) is 2.09. The lowest BCUT2D eigenvalue weighted by Crippen LogP contribution is -2.57. The fourth-order valence-electron chi connectivity index (χ4n) is 3.05. The largest absolute Gasteiger partial charge is 0.507 e. The molecule has 2 aromatic carbocycles. The van der Waals surface area contributed by atoms with Crippen molar-refractivity contribution in [1.29, 1.82) is 0 Å². The summed E-state index contributed by atoms with van der Waals surface area (Å²) in [6.45, 7) is 0. The van der Waals surface area contributed by atoms with Crippen LogP contribution in [0, 0.1) is 5.82 Å². The van der Waals surface area contributed by atoms with Crippen LogP contribution < -0.4 is 14.3 Å². The number of nitrogens with one attached hydrogen (secondary N) is 1. The normalized spacial score (nSPS) is 21.2.